The van der Waals surface area contributed by atoms with Gasteiger partial charge in [-0.3, -0.25) is 4.79 Å². The summed E-state index contributed by atoms with van der Waals surface area (Å²) in [4.78, 5) is 14.2. The van der Waals surface area contributed by atoms with Crippen LogP contribution in [0.2, 0.25) is 0 Å². The van der Waals surface area contributed by atoms with Crippen LogP contribution in [0.5, 0.6) is 0 Å². The van der Waals surface area contributed by atoms with Crippen molar-refractivity contribution in [3.63, 3.8) is 0 Å². The second kappa shape index (κ2) is 7.32. The summed E-state index contributed by atoms with van der Waals surface area (Å²) in [5.41, 5.74) is 4.86. The molecule has 1 aliphatic rings. The molecule has 1 unspecified atom stereocenters. The molecule has 0 spiro atoms. The maximum Gasteiger partial charge on any atom is 0.223 e. The number of benzene rings is 2. The van der Waals surface area contributed by atoms with E-state index < -0.39 is 0 Å². The quantitative estimate of drug-likeness (QED) is 0.628. The zero-order valence-corrected chi connectivity index (χ0v) is 16.9. The zero-order valence-electron chi connectivity index (χ0n) is 16.9. The average Bonchev–Trinajstić information content (AvgIpc) is 3.10. The summed E-state index contributed by atoms with van der Waals surface area (Å²) in [6, 6.07) is 16.1. The second-order valence-electron chi connectivity index (χ2n) is 7.95. The first-order chi connectivity index (χ1) is 13.9. The highest BCUT2D eigenvalue weighted by atomic mass is 19.1. The van der Waals surface area contributed by atoms with Gasteiger partial charge < -0.3 is 4.90 Å². The Morgan fingerprint density at radius 3 is 2.52 bits per heavy atom. The fourth-order valence-corrected chi connectivity index (χ4v) is 3.93. The van der Waals surface area contributed by atoms with E-state index in [1.807, 2.05) is 46.1 Å². The van der Waals surface area contributed by atoms with Crippen molar-refractivity contribution in [3.05, 3.63) is 83.4 Å². The van der Waals surface area contributed by atoms with Crippen LogP contribution in [0.25, 0.3) is 11.8 Å². The van der Waals surface area contributed by atoms with Crippen molar-refractivity contribution in [1.29, 1.82) is 0 Å². The van der Waals surface area contributed by atoms with Gasteiger partial charge in [0.05, 0.1) is 17.6 Å². The van der Waals surface area contributed by atoms with Crippen LogP contribution in [0, 0.1) is 11.2 Å². The van der Waals surface area contributed by atoms with Crippen LogP contribution < -0.4 is 4.90 Å². The highest BCUT2D eigenvalue weighted by Crippen LogP contribution is 2.40. The molecule has 4 nitrogen and oxygen atoms in total. The monoisotopic (exact) mass is 389 g/mol. The number of amides is 1. The number of anilines is 1. The number of rotatable bonds is 4. The van der Waals surface area contributed by atoms with Crippen molar-refractivity contribution >= 4 is 17.7 Å². The van der Waals surface area contributed by atoms with Crippen molar-refractivity contribution in [2.24, 2.45) is 5.41 Å². The average molecular weight is 389 g/mol. The molecule has 4 rings (SSSR count). The maximum atomic E-state index is 13.3. The Labute approximate surface area is 170 Å². The highest BCUT2D eigenvalue weighted by molar-refractivity contribution is 5.91. The maximum absolute atomic E-state index is 13.3. The minimum absolute atomic E-state index is 0.0260. The smallest absolute Gasteiger partial charge is 0.223 e. The number of carbonyl (C=O) groups excluding carboxylic acids is 1. The molecule has 1 heterocycles. The number of halogens is 1. The van der Waals surface area contributed by atoms with E-state index in [0.29, 0.717) is 6.54 Å². The third-order valence-electron chi connectivity index (χ3n) is 5.80. The summed E-state index contributed by atoms with van der Waals surface area (Å²) >= 11 is 0. The van der Waals surface area contributed by atoms with Crippen LogP contribution >= 0.6 is 0 Å². The summed E-state index contributed by atoms with van der Waals surface area (Å²) in [6.45, 7) is 6.50. The normalized spacial score (nSPS) is 18.1. The second-order valence-corrected chi connectivity index (χ2v) is 7.95. The van der Waals surface area contributed by atoms with Crippen molar-refractivity contribution in [1.82, 2.24) is 9.78 Å². The molecule has 148 valence electrons. The molecule has 0 saturated carbocycles. The zero-order chi connectivity index (χ0) is 20.6. The molecule has 1 aromatic heterocycles. The Morgan fingerprint density at radius 1 is 1.17 bits per heavy atom. The third kappa shape index (κ3) is 3.60. The van der Waals surface area contributed by atoms with Crippen molar-refractivity contribution in [2.45, 2.75) is 27.2 Å². The topological polar surface area (TPSA) is 38.1 Å². The molecular formula is C24H24FN3O. The first-order valence-corrected chi connectivity index (χ1v) is 9.72. The summed E-state index contributed by atoms with van der Waals surface area (Å²) in [7, 11) is 0. The van der Waals surface area contributed by atoms with Gasteiger partial charge in [0.1, 0.15) is 5.82 Å². The molecule has 0 aliphatic heterocycles. The van der Waals surface area contributed by atoms with Crippen molar-refractivity contribution < 1.29 is 9.18 Å². The van der Waals surface area contributed by atoms with E-state index in [-0.39, 0.29) is 17.1 Å². The third-order valence-corrected chi connectivity index (χ3v) is 5.80. The molecule has 2 aromatic carbocycles. The van der Waals surface area contributed by atoms with Gasteiger partial charge in [-0.15, -0.1) is 0 Å². The number of hydrogen-bond acceptors (Lipinski definition) is 2. The van der Waals surface area contributed by atoms with Gasteiger partial charge in [0, 0.05) is 24.6 Å². The molecule has 1 atom stereocenters. The van der Waals surface area contributed by atoms with Crippen LogP contribution in [0.4, 0.5) is 10.1 Å². The molecular weight excluding hydrogens is 365 g/mol. The van der Waals surface area contributed by atoms with Gasteiger partial charge in [-0.25, -0.2) is 9.07 Å². The first-order valence-electron chi connectivity index (χ1n) is 9.72. The van der Waals surface area contributed by atoms with E-state index >= 15 is 0 Å². The highest BCUT2D eigenvalue weighted by Gasteiger charge is 2.35. The number of para-hydroxylation sites is 1. The van der Waals surface area contributed by atoms with Gasteiger partial charge in [0.25, 0.3) is 0 Å². The lowest BCUT2D eigenvalue weighted by atomic mass is 9.73. The predicted molar refractivity (Wildman–Crippen MR) is 113 cm³/mol. The van der Waals surface area contributed by atoms with E-state index in [1.54, 1.807) is 19.1 Å². The fraction of sp³-hybridized carbons (Fsp3) is 0.250. The SMILES string of the molecule is CC(=O)N(CC1(C)Cc2cnn(-c3ccc(F)cc3)c2C=C1C)c1ccccc1. The largest absolute Gasteiger partial charge is 0.312 e. The Morgan fingerprint density at radius 2 is 1.86 bits per heavy atom. The number of carbonyl (C=O) groups is 1. The van der Waals surface area contributed by atoms with Crippen LogP contribution in [-0.4, -0.2) is 22.2 Å². The molecule has 3 aromatic rings. The number of aromatic nitrogens is 2. The van der Waals surface area contributed by atoms with Crippen LogP contribution in [0.15, 0.2) is 66.4 Å². The van der Waals surface area contributed by atoms with E-state index in [0.717, 1.165) is 29.1 Å². The van der Waals surface area contributed by atoms with Crippen LogP contribution in [0.3, 0.4) is 0 Å². The van der Waals surface area contributed by atoms with E-state index in [1.165, 1.54) is 17.7 Å². The minimum Gasteiger partial charge on any atom is -0.312 e. The Balaban J connectivity index is 1.67. The van der Waals surface area contributed by atoms with Gasteiger partial charge in [-0.05, 0) is 61.4 Å². The van der Waals surface area contributed by atoms with E-state index in [9.17, 15) is 9.18 Å². The lowest BCUT2D eigenvalue weighted by Gasteiger charge is -2.38. The standard InChI is InChI=1S/C24H24FN3O/c1-17-13-23-19(15-26-28(23)22-11-9-20(25)10-12-22)14-24(17,3)16-27(18(2)29)21-7-5-4-6-8-21/h4-13,15H,14,16H2,1-3H3. The van der Waals surface area contributed by atoms with Gasteiger partial charge in [-0.1, -0.05) is 30.7 Å². The summed E-state index contributed by atoms with van der Waals surface area (Å²) in [5.74, 6) is -0.239. The van der Waals surface area contributed by atoms with Gasteiger partial charge >= 0.3 is 0 Å². The number of fused-ring (bicyclic) bond motifs is 1. The summed E-state index contributed by atoms with van der Waals surface area (Å²) in [5, 5.41) is 4.54. The number of nitrogens with zero attached hydrogens (tertiary/aromatic N) is 3. The summed E-state index contributed by atoms with van der Waals surface area (Å²) < 4.78 is 15.1. The molecule has 29 heavy (non-hydrogen) atoms. The van der Waals surface area contributed by atoms with E-state index in [4.69, 9.17) is 0 Å². The molecule has 5 heteroatoms. The number of hydrogen-bond donors (Lipinski definition) is 0. The Bertz CT molecular complexity index is 1070. The molecule has 1 aliphatic carbocycles. The Kier molecular flexibility index (Phi) is 4.82. The minimum atomic E-state index is -0.265. The molecule has 0 bridgehead atoms. The molecule has 0 saturated heterocycles. The van der Waals surface area contributed by atoms with E-state index in [2.05, 4.69) is 25.0 Å². The lowest BCUT2D eigenvalue weighted by Crippen LogP contribution is -2.41. The lowest BCUT2D eigenvalue weighted by molar-refractivity contribution is -0.116. The van der Waals surface area contributed by atoms with Crippen LogP contribution in [-0.2, 0) is 11.2 Å². The molecule has 0 fully saturated rings. The molecule has 1 amide bonds. The summed E-state index contributed by atoms with van der Waals surface area (Å²) in [6.07, 6.45) is 4.79. The molecule has 0 N–H and O–H groups in total. The van der Waals surface area contributed by atoms with Crippen LogP contribution in [0.1, 0.15) is 32.0 Å². The Hall–Kier alpha value is -3.21. The fourth-order valence-electron chi connectivity index (χ4n) is 3.93. The van der Waals surface area contributed by atoms with Crippen molar-refractivity contribution in [3.8, 4) is 5.69 Å². The predicted octanol–water partition coefficient (Wildman–Crippen LogP) is 5.03. The van der Waals surface area contributed by atoms with Gasteiger partial charge in [0.15, 0.2) is 0 Å². The van der Waals surface area contributed by atoms with Crippen molar-refractivity contribution in [2.75, 3.05) is 11.4 Å². The van der Waals surface area contributed by atoms with Gasteiger partial charge in [-0.2, -0.15) is 5.10 Å². The first kappa shape index (κ1) is 19.1. The molecule has 0 radical (unpaired) electrons. The van der Waals surface area contributed by atoms with Gasteiger partial charge in [0.2, 0.25) is 5.91 Å².